The Hall–Kier alpha value is -3.21. The van der Waals surface area contributed by atoms with Gasteiger partial charge in [0.15, 0.2) is 0 Å². The topological polar surface area (TPSA) is 59.8 Å². The van der Waals surface area contributed by atoms with Gasteiger partial charge in [-0.25, -0.2) is 0 Å². The quantitative estimate of drug-likeness (QED) is 0.585. The number of pyridine rings is 1. The molecular formula is C22H22N4O. The van der Waals surface area contributed by atoms with Crippen LogP contribution < -0.4 is 5.32 Å². The Bertz CT molecular complexity index is 1110. The molecular weight excluding hydrogens is 336 g/mol. The molecule has 27 heavy (non-hydrogen) atoms. The fourth-order valence-corrected chi connectivity index (χ4v) is 3.30. The maximum atomic E-state index is 12.4. The number of benzene rings is 2. The molecule has 2 aromatic carbocycles. The molecule has 1 amide bonds. The summed E-state index contributed by atoms with van der Waals surface area (Å²) in [5.74, 6) is -0.0300. The summed E-state index contributed by atoms with van der Waals surface area (Å²) in [4.78, 5) is 17.0. The van der Waals surface area contributed by atoms with E-state index in [0.717, 1.165) is 39.5 Å². The number of aromatic nitrogens is 3. The Balaban J connectivity index is 1.90. The van der Waals surface area contributed by atoms with Gasteiger partial charge in [-0.05, 0) is 19.4 Å². The van der Waals surface area contributed by atoms with Crippen LogP contribution in [0.25, 0.3) is 33.1 Å². The van der Waals surface area contributed by atoms with Crippen molar-refractivity contribution in [1.82, 2.24) is 20.1 Å². The number of carbonyl (C=O) groups is 1. The van der Waals surface area contributed by atoms with Crippen molar-refractivity contribution in [2.24, 2.45) is 0 Å². The van der Waals surface area contributed by atoms with Gasteiger partial charge >= 0.3 is 0 Å². The van der Waals surface area contributed by atoms with Crippen molar-refractivity contribution in [2.45, 2.75) is 26.8 Å². The normalized spacial score (nSPS) is 11.2. The Kier molecular flexibility index (Phi) is 4.59. The molecule has 0 atom stereocenters. The average molecular weight is 358 g/mol. The third kappa shape index (κ3) is 3.28. The molecule has 0 fully saturated rings. The molecule has 4 rings (SSSR count). The molecule has 0 spiro atoms. The highest BCUT2D eigenvalue weighted by atomic mass is 16.2. The lowest BCUT2D eigenvalue weighted by molar-refractivity contribution is -0.121. The lowest BCUT2D eigenvalue weighted by atomic mass is 10.1. The van der Waals surface area contributed by atoms with Crippen LogP contribution in [0, 0.1) is 6.92 Å². The van der Waals surface area contributed by atoms with Gasteiger partial charge in [-0.3, -0.25) is 14.5 Å². The zero-order valence-electron chi connectivity index (χ0n) is 15.6. The van der Waals surface area contributed by atoms with Crippen LogP contribution >= 0.6 is 0 Å². The fraction of sp³-hybridized carbons (Fsp3) is 0.227. The highest BCUT2D eigenvalue weighted by Gasteiger charge is 2.17. The second-order valence-electron chi connectivity index (χ2n) is 6.76. The number of nitrogens with one attached hydrogen (secondary N) is 1. The number of fused-ring (bicyclic) bond motifs is 3. The second kappa shape index (κ2) is 7.19. The van der Waals surface area contributed by atoms with Crippen LogP contribution in [0.2, 0.25) is 0 Å². The van der Waals surface area contributed by atoms with Gasteiger partial charge in [0.2, 0.25) is 5.91 Å². The molecule has 2 heterocycles. The highest BCUT2D eigenvalue weighted by Crippen LogP contribution is 2.32. The molecule has 136 valence electrons. The zero-order chi connectivity index (χ0) is 18.8. The third-order valence-corrected chi connectivity index (χ3v) is 4.67. The highest BCUT2D eigenvalue weighted by molar-refractivity contribution is 6.08. The fourth-order valence-electron chi connectivity index (χ4n) is 3.30. The van der Waals surface area contributed by atoms with Crippen LogP contribution in [-0.4, -0.2) is 27.2 Å². The van der Waals surface area contributed by atoms with E-state index in [9.17, 15) is 4.79 Å². The van der Waals surface area contributed by atoms with Crippen molar-refractivity contribution < 1.29 is 4.79 Å². The number of carbonyl (C=O) groups excluding carboxylic acids is 1. The Morgan fingerprint density at radius 1 is 1.07 bits per heavy atom. The summed E-state index contributed by atoms with van der Waals surface area (Å²) in [6.07, 6.45) is 2.77. The molecule has 4 aromatic rings. The molecule has 0 bridgehead atoms. The van der Waals surface area contributed by atoms with E-state index in [4.69, 9.17) is 5.10 Å². The maximum absolute atomic E-state index is 12.4. The molecule has 2 aromatic heterocycles. The predicted octanol–water partition coefficient (Wildman–Crippen LogP) is 4.09. The van der Waals surface area contributed by atoms with Crippen molar-refractivity contribution in [2.75, 3.05) is 6.54 Å². The van der Waals surface area contributed by atoms with Gasteiger partial charge in [0.1, 0.15) is 12.2 Å². The summed E-state index contributed by atoms with van der Waals surface area (Å²) in [5.41, 5.74) is 4.92. The molecule has 0 aliphatic rings. The van der Waals surface area contributed by atoms with Crippen LogP contribution in [0.4, 0.5) is 0 Å². The van der Waals surface area contributed by atoms with E-state index in [2.05, 4.69) is 41.5 Å². The van der Waals surface area contributed by atoms with Crippen molar-refractivity contribution in [3.8, 4) is 11.3 Å². The van der Waals surface area contributed by atoms with Gasteiger partial charge in [0.25, 0.3) is 0 Å². The van der Waals surface area contributed by atoms with Crippen molar-refractivity contribution >= 4 is 27.7 Å². The first-order chi connectivity index (χ1) is 13.2. The van der Waals surface area contributed by atoms with Gasteiger partial charge in [-0.1, -0.05) is 55.0 Å². The molecule has 0 aliphatic carbocycles. The molecule has 0 radical (unpaired) electrons. The molecule has 0 saturated carbocycles. The van der Waals surface area contributed by atoms with Crippen molar-refractivity contribution in [3.63, 3.8) is 0 Å². The number of rotatable bonds is 5. The molecule has 5 heteroatoms. The summed E-state index contributed by atoms with van der Waals surface area (Å²) in [6, 6.07) is 16.2. The van der Waals surface area contributed by atoms with E-state index >= 15 is 0 Å². The first kappa shape index (κ1) is 17.2. The molecule has 0 saturated heterocycles. The number of hydrogen-bond acceptors (Lipinski definition) is 3. The van der Waals surface area contributed by atoms with Gasteiger partial charge in [-0.15, -0.1) is 0 Å². The van der Waals surface area contributed by atoms with E-state index in [1.807, 2.05) is 37.4 Å². The number of amides is 1. The summed E-state index contributed by atoms with van der Waals surface area (Å²) in [6.45, 7) is 4.97. The summed E-state index contributed by atoms with van der Waals surface area (Å²) in [5, 5.41) is 9.70. The van der Waals surface area contributed by atoms with E-state index in [-0.39, 0.29) is 12.5 Å². The van der Waals surface area contributed by atoms with Gasteiger partial charge < -0.3 is 5.32 Å². The van der Waals surface area contributed by atoms with Crippen LogP contribution in [0.1, 0.15) is 18.9 Å². The summed E-state index contributed by atoms with van der Waals surface area (Å²) in [7, 11) is 0. The number of nitrogens with zero attached hydrogens (tertiary/aromatic N) is 3. The largest absolute Gasteiger partial charge is 0.355 e. The molecule has 0 aliphatic heterocycles. The molecule has 5 nitrogen and oxygen atoms in total. The third-order valence-electron chi connectivity index (χ3n) is 4.67. The molecule has 1 N–H and O–H groups in total. The van der Waals surface area contributed by atoms with E-state index in [1.165, 1.54) is 5.56 Å². The smallest absolute Gasteiger partial charge is 0.241 e. The summed E-state index contributed by atoms with van der Waals surface area (Å²) < 4.78 is 1.81. The van der Waals surface area contributed by atoms with Crippen molar-refractivity contribution in [1.29, 1.82) is 0 Å². The predicted molar refractivity (Wildman–Crippen MR) is 109 cm³/mol. The standard InChI is InChI=1S/C22H22N4O/c1-3-12-23-20(27)14-26-22-17-6-4-5-7-19(17)24-13-18(22)21(25-26)16-10-8-15(2)9-11-16/h4-11,13H,3,12,14H2,1-2H3,(H,23,27). The zero-order valence-corrected chi connectivity index (χ0v) is 15.6. The minimum atomic E-state index is -0.0300. The van der Waals surface area contributed by atoms with Crippen LogP contribution in [0.3, 0.4) is 0 Å². The van der Waals surface area contributed by atoms with Gasteiger partial charge in [0, 0.05) is 29.1 Å². The Morgan fingerprint density at radius 3 is 2.63 bits per heavy atom. The van der Waals surface area contributed by atoms with Crippen LogP contribution in [0.15, 0.2) is 54.7 Å². The number of para-hydroxylation sites is 1. The van der Waals surface area contributed by atoms with Crippen molar-refractivity contribution in [3.05, 3.63) is 60.3 Å². The monoisotopic (exact) mass is 358 g/mol. The first-order valence-electron chi connectivity index (χ1n) is 9.25. The summed E-state index contributed by atoms with van der Waals surface area (Å²) >= 11 is 0. The lowest BCUT2D eigenvalue weighted by Gasteiger charge is -2.06. The SMILES string of the molecule is CCCNC(=O)Cn1nc(-c2ccc(C)cc2)c2cnc3ccccc3c21. The number of aryl methyl sites for hydroxylation is 1. The van der Waals surface area contributed by atoms with Crippen LogP contribution in [0.5, 0.6) is 0 Å². The average Bonchev–Trinajstić information content (AvgIpc) is 3.06. The van der Waals surface area contributed by atoms with E-state index in [0.29, 0.717) is 6.54 Å². The molecule has 0 unspecified atom stereocenters. The minimum absolute atomic E-state index is 0.0300. The van der Waals surface area contributed by atoms with Gasteiger partial charge in [-0.2, -0.15) is 5.10 Å². The minimum Gasteiger partial charge on any atom is -0.355 e. The maximum Gasteiger partial charge on any atom is 0.241 e. The second-order valence-corrected chi connectivity index (χ2v) is 6.76. The van der Waals surface area contributed by atoms with Crippen LogP contribution in [-0.2, 0) is 11.3 Å². The first-order valence-corrected chi connectivity index (χ1v) is 9.25. The van der Waals surface area contributed by atoms with Gasteiger partial charge in [0.05, 0.1) is 11.0 Å². The van der Waals surface area contributed by atoms with E-state index < -0.39 is 0 Å². The van der Waals surface area contributed by atoms with E-state index in [1.54, 1.807) is 4.68 Å². The Morgan fingerprint density at radius 2 is 1.85 bits per heavy atom. The lowest BCUT2D eigenvalue weighted by Crippen LogP contribution is -2.28. The Labute approximate surface area is 158 Å². The number of hydrogen-bond donors (Lipinski definition) is 1.